The molecule has 1 N–H and O–H groups in total. The Balaban J connectivity index is 1.87. The van der Waals surface area contributed by atoms with Gasteiger partial charge in [0.25, 0.3) is 0 Å². The number of nitrogens with one attached hydrogen (secondary N) is 1. The summed E-state index contributed by atoms with van der Waals surface area (Å²) in [7, 11) is 1.87. The van der Waals surface area contributed by atoms with Gasteiger partial charge in [-0.2, -0.15) is 0 Å². The zero-order chi connectivity index (χ0) is 14.0. The third-order valence-electron chi connectivity index (χ3n) is 3.79. The summed E-state index contributed by atoms with van der Waals surface area (Å²) in [5, 5.41) is 3.41. The van der Waals surface area contributed by atoms with Crippen LogP contribution in [-0.2, 0) is 4.79 Å². The lowest BCUT2D eigenvalue weighted by Crippen LogP contribution is -2.50. The van der Waals surface area contributed by atoms with E-state index in [0.29, 0.717) is 18.0 Å². The van der Waals surface area contributed by atoms with Gasteiger partial charge in [0, 0.05) is 37.8 Å². The van der Waals surface area contributed by atoms with Crippen LogP contribution in [0.1, 0.15) is 45.2 Å². The maximum atomic E-state index is 11.2. The summed E-state index contributed by atoms with van der Waals surface area (Å²) >= 11 is 0. The highest BCUT2D eigenvalue weighted by Gasteiger charge is 2.33. The molecule has 0 aromatic carbocycles. The Morgan fingerprint density at radius 1 is 1.42 bits per heavy atom. The van der Waals surface area contributed by atoms with Crippen molar-refractivity contribution in [3.8, 4) is 0 Å². The van der Waals surface area contributed by atoms with E-state index in [1.165, 1.54) is 0 Å². The number of rotatable bonds is 4. The smallest absolute Gasteiger partial charge is 0.219 e. The standard InChI is InChI=1S/C14H22N4O/c1-9(2)13-7-14(16-8-15-13)17-11-5-12(6-11)18(4)10(3)19/h7-9,11-12H,5-6H2,1-4H3,(H,15,16,17). The van der Waals surface area contributed by atoms with Crippen molar-refractivity contribution in [2.24, 2.45) is 0 Å². The molecule has 1 heterocycles. The van der Waals surface area contributed by atoms with Crippen LogP contribution in [0.3, 0.4) is 0 Å². The minimum absolute atomic E-state index is 0.132. The predicted octanol–water partition coefficient (Wildman–Crippen LogP) is 2.02. The van der Waals surface area contributed by atoms with E-state index in [9.17, 15) is 4.79 Å². The lowest BCUT2D eigenvalue weighted by atomic mass is 9.85. The van der Waals surface area contributed by atoms with Gasteiger partial charge in [-0.1, -0.05) is 13.8 Å². The van der Waals surface area contributed by atoms with Crippen molar-refractivity contribution in [2.45, 2.75) is 51.6 Å². The number of amides is 1. The summed E-state index contributed by atoms with van der Waals surface area (Å²) in [6.07, 6.45) is 3.57. The van der Waals surface area contributed by atoms with Crippen LogP contribution in [0.5, 0.6) is 0 Å². The molecule has 5 nitrogen and oxygen atoms in total. The fourth-order valence-corrected chi connectivity index (χ4v) is 2.26. The maximum absolute atomic E-state index is 11.2. The lowest BCUT2D eigenvalue weighted by Gasteiger charge is -2.41. The zero-order valence-electron chi connectivity index (χ0n) is 12.1. The van der Waals surface area contributed by atoms with E-state index in [1.54, 1.807) is 13.3 Å². The Morgan fingerprint density at radius 2 is 2.11 bits per heavy atom. The van der Waals surface area contributed by atoms with Crippen molar-refractivity contribution in [1.29, 1.82) is 0 Å². The van der Waals surface area contributed by atoms with Gasteiger partial charge in [0.15, 0.2) is 0 Å². The van der Waals surface area contributed by atoms with Crippen LogP contribution in [0.2, 0.25) is 0 Å². The average Bonchev–Trinajstić information content (AvgIpc) is 2.32. The molecule has 0 aliphatic heterocycles. The highest BCUT2D eigenvalue weighted by molar-refractivity contribution is 5.73. The summed E-state index contributed by atoms with van der Waals surface area (Å²) in [6.45, 7) is 5.85. The van der Waals surface area contributed by atoms with Crippen LogP contribution in [-0.4, -0.2) is 39.9 Å². The molecule has 0 unspecified atom stereocenters. The van der Waals surface area contributed by atoms with E-state index in [-0.39, 0.29) is 5.91 Å². The van der Waals surface area contributed by atoms with E-state index < -0.39 is 0 Å². The van der Waals surface area contributed by atoms with Crippen LogP contribution in [0.25, 0.3) is 0 Å². The molecular weight excluding hydrogens is 240 g/mol. The largest absolute Gasteiger partial charge is 0.367 e. The highest BCUT2D eigenvalue weighted by atomic mass is 16.2. The molecule has 1 fully saturated rings. The van der Waals surface area contributed by atoms with Crippen molar-refractivity contribution in [3.05, 3.63) is 18.1 Å². The number of hydrogen-bond donors (Lipinski definition) is 1. The monoisotopic (exact) mass is 262 g/mol. The first-order valence-electron chi connectivity index (χ1n) is 6.79. The van der Waals surface area contributed by atoms with Gasteiger partial charge in [-0.15, -0.1) is 0 Å². The number of carbonyl (C=O) groups excluding carboxylic acids is 1. The minimum Gasteiger partial charge on any atom is -0.367 e. The molecule has 1 amide bonds. The molecule has 1 aliphatic carbocycles. The number of anilines is 1. The topological polar surface area (TPSA) is 58.1 Å². The quantitative estimate of drug-likeness (QED) is 0.902. The van der Waals surface area contributed by atoms with Gasteiger partial charge in [0.2, 0.25) is 5.91 Å². The second-order valence-electron chi connectivity index (χ2n) is 5.58. The van der Waals surface area contributed by atoms with Crippen LogP contribution < -0.4 is 5.32 Å². The second kappa shape index (κ2) is 5.55. The van der Waals surface area contributed by atoms with Gasteiger partial charge in [-0.05, 0) is 18.8 Å². The SMILES string of the molecule is CC(=O)N(C)C1CC(Nc2cc(C(C)C)ncn2)C1. The van der Waals surface area contributed by atoms with Crippen LogP contribution in [0.4, 0.5) is 5.82 Å². The first-order chi connectivity index (χ1) is 8.97. The Hall–Kier alpha value is -1.65. The third kappa shape index (κ3) is 3.22. The molecule has 1 aromatic heterocycles. The van der Waals surface area contributed by atoms with Crippen LogP contribution >= 0.6 is 0 Å². The summed E-state index contributed by atoms with van der Waals surface area (Å²) < 4.78 is 0. The average molecular weight is 262 g/mol. The Bertz CT molecular complexity index is 455. The molecule has 104 valence electrons. The Kier molecular flexibility index (Phi) is 4.02. The molecule has 1 aliphatic rings. The molecule has 0 spiro atoms. The molecule has 0 radical (unpaired) electrons. The van der Waals surface area contributed by atoms with E-state index in [0.717, 1.165) is 24.4 Å². The van der Waals surface area contributed by atoms with Crippen LogP contribution in [0, 0.1) is 0 Å². The molecule has 1 saturated carbocycles. The summed E-state index contributed by atoms with van der Waals surface area (Å²) in [5.74, 6) is 1.42. The van der Waals surface area contributed by atoms with Crippen LogP contribution in [0.15, 0.2) is 12.4 Å². The molecule has 0 saturated heterocycles. The molecule has 19 heavy (non-hydrogen) atoms. The fraction of sp³-hybridized carbons (Fsp3) is 0.643. The van der Waals surface area contributed by atoms with Gasteiger partial charge in [-0.3, -0.25) is 4.79 Å². The number of aromatic nitrogens is 2. The second-order valence-corrected chi connectivity index (χ2v) is 5.58. The van der Waals surface area contributed by atoms with Gasteiger partial charge in [-0.25, -0.2) is 9.97 Å². The number of carbonyl (C=O) groups is 1. The van der Waals surface area contributed by atoms with Crippen molar-refractivity contribution >= 4 is 11.7 Å². The van der Waals surface area contributed by atoms with E-state index in [4.69, 9.17) is 0 Å². The minimum atomic E-state index is 0.132. The van der Waals surface area contributed by atoms with Crippen molar-refractivity contribution in [1.82, 2.24) is 14.9 Å². The maximum Gasteiger partial charge on any atom is 0.219 e. The predicted molar refractivity (Wildman–Crippen MR) is 75.0 cm³/mol. The zero-order valence-corrected chi connectivity index (χ0v) is 12.1. The van der Waals surface area contributed by atoms with Crippen molar-refractivity contribution in [3.63, 3.8) is 0 Å². The van der Waals surface area contributed by atoms with Crippen molar-refractivity contribution < 1.29 is 4.79 Å². The normalized spacial score (nSPS) is 21.9. The van der Waals surface area contributed by atoms with E-state index in [2.05, 4.69) is 29.1 Å². The van der Waals surface area contributed by atoms with Gasteiger partial charge in [0.1, 0.15) is 12.1 Å². The summed E-state index contributed by atoms with van der Waals surface area (Å²) in [4.78, 5) is 21.6. The first-order valence-corrected chi connectivity index (χ1v) is 6.79. The fourth-order valence-electron chi connectivity index (χ4n) is 2.26. The van der Waals surface area contributed by atoms with Crippen molar-refractivity contribution in [2.75, 3.05) is 12.4 Å². The Labute approximate surface area is 114 Å². The lowest BCUT2D eigenvalue weighted by molar-refractivity contribution is -0.131. The van der Waals surface area contributed by atoms with Gasteiger partial charge < -0.3 is 10.2 Å². The summed E-state index contributed by atoms with van der Waals surface area (Å²) in [5.41, 5.74) is 1.05. The molecule has 2 rings (SSSR count). The summed E-state index contributed by atoms with van der Waals surface area (Å²) in [6, 6.07) is 2.77. The van der Waals surface area contributed by atoms with Gasteiger partial charge >= 0.3 is 0 Å². The highest BCUT2D eigenvalue weighted by Crippen LogP contribution is 2.27. The molecular formula is C14H22N4O. The molecule has 1 aromatic rings. The molecule has 0 atom stereocenters. The van der Waals surface area contributed by atoms with E-state index in [1.807, 2.05) is 18.0 Å². The number of hydrogen-bond acceptors (Lipinski definition) is 4. The third-order valence-corrected chi connectivity index (χ3v) is 3.79. The Morgan fingerprint density at radius 3 is 2.68 bits per heavy atom. The molecule has 0 bridgehead atoms. The van der Waals surface area contributed by atoms with E-state index >= 15 is 0 Å². The molecule has 5 heteroatoms. The van der Waals surface area contributed by atoms with Gasteiger partial charge in [0.05, 0.1) is 0 Å². The number of nitrogens with zero attached hydrogens (tertiary/aromatic N) is 3. The first kappa shape index (κ1) is 13.8.